The highest BCUT2D eigenvalue weighted by Gasteiger charge is 2.34. The molecule has 168 valence electrons. The molecule has 30 heavy (non-hydrogen) atoms. The fourth-order valence-corrected chi connectivity index (χ4v) is 4.26. The van der Waals surface area contributed by atoms with Gasteiger partial charge in [0.05, 0.1) is 6.54 Å². The highest BCUT2D eigenvalue weighted by atomic mass is 19.4. The molecule has 3 rings (SSSR count). The highest BCUT2D eigenvalue weighted by Crippen LogP contribution is 2.22. The van der Waals surface area contributed by atoms with Crippen LogP contribution in [0.1, 0.15) is 36.8 Å². The van der Waals surface area contributed by atoms with Crippen LogP contribution in [0, 0.1) is 5.92 Å². The van der Waals surface area contributed by atoms with Crippen LogP contribution < -0.4 is 10.6 Å². The number of piperidine rings is 1. The molecule has 0 amide bonds. The van der Waals surface area contributed by atoms with Gasteiger partial charge in [0.25, 0.3) is 0 Å². The van der Waals surface area contributed by atoms with Crippen molar-refractivity contribution in [3.05, 3.63) is 35.4 Å². The number of hydrogen-bond donors (Lipinski definition) is 2. The molecule has 5 nitrogen and oxygen atoms in total. The molecule has 2 saturated heterocycles. The second kappa shape index (κ2) is 11.0. The normalized spacial score (nSPS) is 21.7. The van der Waals surface area contributed by atoms with Crippen LogP contribution in [0.25, 0.3) is 0 Å². The van der Waals surface area contributed by atoms with Crippen molar-refractivity contribution in [2.24, 2.45) is 10.9 Å². The monoisotopic (exact) mass is 425 g/mol. The Balaban J connectivity index is 1.37. The third kappa shape index (κ3) is 7.80. The summed E-state index contributed by atoms with van der Waals surface area (Å²) in [6.07, 6.45) is 0.607. The van der Waals surface area contributed by atoms with E-state index in [0.29, 0.717) is 32.1 Å². The van der Waals surface area contributed by atoms with Gasteiger partial charge < -0.3 is 10.6 Å². The van der Waals surface area contributed by atoms with E-state index < -0.39 is 12.7 Å². The van der Waals surface area contributed by atoms with Gasteiger partial charge in [-0.15, -0.1) is 0 Å². The molecule has 0 aromatic heterocycles. The van der Waals surface area contributed by atoms with E-state index in [9.17, 15) is 13.2 Å². The van der Waals surface area contributed by atoms with Crippen LogP contribution in [0.2, 0.25) is 0 Å². The number of rotatable bonds is 7. The number of likely N-dealkylation sites (tertiary alicyclic amines) is 2. The number of hydrogen-bond acceptors (Lipinski definition) is 3. The van der Waals surface area contributed by atoms with Crippen LogP contribution in [-0.2, 0) is 13.1 Å². The highest BCUT2D eigenvalue weighted by molar-refractivity contribution is 5.79. The summed E-state index contributed by atoms with van der Waals surface area (Å²) >= 11 is 0. The number of benzene rings is 1. The lowest BCUT2D eigenvalue weighted by atomic mass is 10.1. The van der Waals surface area contributed by atoms with Gasteiger partial charge in [0.15, 0.2) is 5.96 Å². The number of nitrogens with one attached hydrogen (secondary N) is 2. The molecular weight excluding hydrogens is 391 g/mol. The van der Waals surface area contributed by atoms with Gasteiger partial charge in [0.1, 0.15) is 0 Å². The Morgan fingerprint density at radius 3 is 2.37 bits per heavy atom. The smallest absolute Gasteiger partial charge is 0.356 e. The van der Waals surface area contributed by atoms with Crippen molar-refractivity contribution < 1.29 is 13.2 Å². The first kappa shape index (κ1) is 22.9. The van der Waals surface area contributed by atoms with E-state index in [1.54, 1.807) is 7.05 Å². The van der Waals surface area contributed by atoms with Crippen molar-refractivity contribution >= 4 is 5.96 Å². The van der Waals surface area contributed by atoms with E-state index in [1.165, 1.54) is 48.4 Å². The zero-order chi connectivity index (χ0) is 21.4. The summed E-state index contributed by atoms with van der Waals surface area (Å²) in [5.41, 5.74) is 2.52. The molecule has 1 atom stereocenters. The molecule has 1 aromatic rings. The van der Waals surface area contributed by atoms with Gasteiger partial charge in [-0.1, -0.05) is 30.7 Å². The van der Waals surface area contributed by atoms with Gasteiger partial charge in [-0.3, -0.25) is 14.8 Å². The van der Waals surface area contributed by atoms with Crippen LogP contribution >= 0.6 is 0 Å². The lowest BCUT2D eigenvalue weighted by Gasteiger charge is -2.26. The maximum atomic E-state index is 12.5. The minimum absolute atomic E-state index is 0.208. The van der Waals surface area contributed by atoms with E-state index in [4.69, 9.17) is 0 Å². The van der Waals surface area contributed by atoms with Crippen molar-refractivity contribution in [2.45, 2.75) is 44.9 Å². The molecule has 0 saturated carbocycles. The molecule has 0 spiro atoms. The Kier molecular flexibility index (Phi) is 8.39. The van der Waals surface area contributed by atoms with Crippen LogP contribution in [0.4, 0.5) is 13.2 Å². The topological polar surface area (TPSA) is 42.9 Å². The Hall–Kier alpha value is -1.80. The molecule has 2 aliphatic rings. The van der Waals surface area contributed by atoms with Crippen molar-refractivity contribution in [2.75, 3.05) is 46.3 Å². The summed E-state index contributed by atoms with van der Waals surface area (Å²) in [7, 11) is 1.71. The Labute approximate surface area is 177 Å². The second-order valence-corrected chi connectivity index (χ2v) is 8.46. The summed E-state index contributed by atoms with van der Waals surface area (Å²) in [5.74, 6) is 0.890. The summed E-state index contributed by atoms with van der Waals surface area (Å²) in [6.45, 7) is 4.86. The maximum absolute atomic E-state index is 12.5. The average molecular weight is 426 g/mol. The standard InChI is InChI=1S/C22H34F3N5/c1-26-21(28-14-20-9-12-30(16-20)17-22(23,24)25)27-13-18-5-7-19(8-6-18)15-29-10-3-2-4-11-29/h5-8,20H,2-4,9-17H2,1H3,(H2,26,27,28). The number of aliphatic imine (C=N–C) groups is 1. The van der Waals surface area contributed by atoms with Crippen molar-refractivity contribution in [3.8, 4) is 0 Å². The van der Waals surface area contributed by atoms with Crippen molar-refractivity contribution in [3.63, 3.8) is 0 Å². The first-order valence-electron chi connectivity index (χ1n) is 10.9. The molecule has 2 heterocycles. The molecule has 0 bridgehead atoms. The van der Waals surface area contributed by atoms with Crippen LogP contribution in [0.15, 0.2) is 29.3 Å². The Morgan fingerprint density at radius 1 is 1.00 bits per heavy atom. The van der Waals surface area contributed by atoms with E-state index >= 15 is 0 Å². The third-order valence-corrected chi connectivity index (χ3v) is 5.89. The van der Waals surface area contributed by atoms with Gasteiger partial charge in [-0.05, 0) is 55.9 Å². The van der Waals surface area contributed by atoms with E-state index in [0.717, 1.165) is 13.0 Å². The zero-order valence-electron chi connectivity index (χ0n) is 17.8. The summed E-state index contributed by atoms with van der Waals surface area (Å²) in [4.78, 5) is 8.23. The SMILES string of the molecule is CN=C(NCc1ccc(CN2CCCCC2)cc1)NCC1CCN(CC(F)(F)F)C1. The maximum Gasteiger partial charge on any atom is 0.401 e. The predicted molar refractivity (Wildman–Crippen MR) is 114 cm³/mol. The lowest BCUT2D eigenvalue weighted by molar-refractivity contribution is -0.143. The molecule has 0 aliphatic carbocycles. The second-order valence-electron chi connectivity index (χ2n) is 8.46. The van der Waals surface area contributed by atoms with Crippen LogP contribution in [0.5, 0.6) is 0 Å². The van der Waals surface area contributed by atoms with Gasteiger partial charge in [-0.25, -0.2) is 0 Å². The fraction of sp³-hybridized carbons (Fsp3) is 0.682. The first-order chi connectivity index (χ1) is 14.4. The van der Waals surface area contributed by atoms with Gasteiger partial charge in [-0.2, -0.15) is 13.2 Å². The summed E-state index contributed by atoms with van der Waals surface area (Å²) in [6, 6.07) is 8.67. The van der Waals surface area contributed by atoms with Gasteiger partial charge >= 0.3 is 6.18 Å². The molecule has 2 aliphatic heterocycles. The largest absolute Gasteiger partial charge is 0.401 e. The van der Waals surface area contributed by atoms with Crippen LogP contribution in [-0.4, -0.2) is 68.3 Å². The number of nitrogens with zero attached hydrogens (tertiary/aromatic N) is 3. The van der Waals surface area contributed by atoms with Gasteiger partial charge in [0, 0.05) is 33.2 Å². The van der Waals surface area contributed by atoms with Gasteiger partial charge in [0.2, 0.25) is 0 Å². The molecule has 1 unspecified atom stereocenters. The van der Waals surface area contributed by atoms with E-state index in [2.05, 4.69) is 44.8 Å². The zero-order valence-corrected chi connectivity index (χ0v) is 17.8. The lowest BCUT2D eigenvalue weighted by Crippen LogP contribution is -2.40. The average Bonchev–Trinajstić information content (AvgIpc) is 3.15. The first-order valence-corrected chi connectivity index (χ1v) is 10.9. The minimum Gasteiger partial charge on any atom is -0.356 e. The minimum atomic E-state index is -4.12. The number of guanidine groups is 1. The van der Waals surface area contributed by atoms with Crippen molar-refractivity contribution in [1.82, 2.24) is 20.4 Å². The molecular formula is C22H34F3N5. The molecule has 0 radical (unpaired) electrons. The summed E-state index contributed by atoms with van der Waals surface area (Å²) < 4.78 is 37.6. The summed E-state index contributed by atoms with van der Waals surface area (Å²) in [5, 5.41) is 6.55. The van der Waals surface area contributed by atoms with Crippen LogP contribution in [0.3, 0.4) is 0 Å². The Bertz CT molecular complexity index is 668. The molecule has 1 aromatic carbocycles. The van der Waals surface area contributed by atoms with Crippen molar-refractivity contribution in [1.29, 1.82) is 0 Å². The van der Waals surface area contributed by atoms with E-state index in [1.807, 2.05) is 0 Å². The van der Waals surface area contributed by atoms with E-state index in [-0.39, 0.29) is 5.92 Å². The predicted octanol–water partition coefficient (Wildman–Crippen LogP) is 3.22. The third-order valence-electron chi connectivity index (χ3n) is 5.89. The Morgan fingerprint density at radius 2 is 1.70 bits per heavy atom. The number of alkyl halides is 3. The molecule has 2 fully saturated rings. The molecule has 8 heteroatoms. The number of halogens is 3. The molecule has 2 N–H and O–H groups in total. The quantitative estimate of drug-likeness (QED) is 0.520. The fourth-order valence-electron chi connectivity index (χ4n) is 4.26.